The zero-order chi connectivity index (χ0) is 18.5. The average Bonchev–Trinajstić information content (AvgIpc) is 3.46. The Balaban J connectivity index is 1.64. The zero-order valence-electron chi connectivity index (χ0n) is 15.9. The summed E-state index contributed by atoms with van der Waals surface area (Å²) in [4.78, 5) is 25.8. The van der Waals surface area contributed by atoms with Gasteiger partial charge in [-0.25, -0.2) is 15.0 Å². The second-order valence-corrected chi connectivity index (χ2v) is 8.44. The Morgan fingerprint density at radius 1 is 0.778 bits per heavy atom. The molecule has 1 aliphatic rings. The third-order valence-corrected chi connectivity index (χ3v) is 6.83. The van der Waals surface area contributed by atoms with Crippen LogP contribution in [0.15, 0.2) is 37.2 Å². The Kier molecular flexibility index (Phi) is 5.74. The van der Waals surface area contributed by atoms with Gasteiger partial charge in [-0.15, -0.1) is 0 Å². The van der Waals surface area contributed by atoms with Crippen LogP contribution in [0.25, 0.3) is 0 Å². The molecule has 0 bridgehead atoms. The molecule has 3 heterocycles. The third kappa shape index (κ3) is 4.17. The van der Waals surface area contributed by atoms with Crippen molar-refractivity contribution in [2.24, 2.45) is 0 Å². The monoisotopic (exact) mass is 382 g/mol. The number of aromatic nitrogens is 6. The summed E-state index contributed by atoms with van der Waals surface area (Å²) >= 11 is 0.966. The quantitative estimate of drug-likeness (QED) is 0.406. The van der Waals surface area contributed by atoms with E-state index in [2.05, 4.69) is 38.7 Å². The topological polar surface area (TPSA) is 92.5 Å². The van der Waals surface area contributed by atoms with Crippen molar-refractivity contribution in [1.29, 1.82) is 0 Å². The van der Waals surface area contributed by atoms with E-state index in [1.807, 2.05) is 37.2 Å². The fourth-order valence-corrected chi connectivity index (χ4v) is 5.32. The highest BCUT2D eigenvalue weighted by Gasteiger charge is 2.41. The molecule has 0 spiro atoms. The van der Waals surface area contributed by atoms with Gasteiger partial charge in [-0.1, -0.05) is 19.3 Å². The molecule has 9 heteroatoms. The first-order valence-electron chi connectivity index (χ1n) is 9.67. The van der Waals surface area contributed by atoms with Crippen LogP contribution in [0.2, 0.25) is 0 Å². The Labute approximate surface area is 167 Å². The summed E-state index contributed by atoms with van der Waals surface area (Å²) in [5.74, 6) is 3.03. The maximum absolute atomic E-state index is 4.49. The molecule has 0 saturated heterocycles. The predicted octanol–water partition coefficient (Wildman–Crippen LogP) is 1.57. The molecular weight excluding hydrogens is 355 g/mol. The van der Waals surface area contributed by atoms with Crippen LogP contribution in [-0.4, -0.2) is 60.9 Å². The van der Waals surface area contributed by atoms with E-state index in [4.69, 9.17) is 0 Å². The van der Waals surface area contributed by atoms with Crippen molar-refractivity contribution in [3.05, 3.63) is 54.7 Å². The summed E-state index contributed by atoms with van der Waals surface area (Å²) in [5, 5.41) is 0. The van der Waals surface area contributed by atoms with Crippen LogP contribution in [0.4, 0.5) is 0 Å². The number of hydrogen-bond donors (Lipinski definition) is 3. The van der Waals surface area contributed by atoms with Gasteiger partial charge in [0.25, 0.3) is 0 Å². The minimum Gasteiger partial charge on any atom is -0.368 e. The average molecular weight is 382 g/mol. The molecule has 1 saturated carbocycles. The van der Waals surface area contributed by atoms with Crippen LogP contribution in [0.3, 0.4) is 0 Å². The first kappa shape index (κ1) is 18.4. The van der Waals surface area contributed by atoms with Gasteiger partial charge in [0, 0.05) is 43.7 Å². The van der Waals surface area contributed by atoms with Gasteiger partial charge in [-0.2, -0.15) is 0 Å². The number of imidazole rings is 3. The number of H-pyrrole nitrogens is 3. The first-order valence-corrected chi connectivity index (χ1v) is 10.6. The smallest absolute Gasteiger partial charge is 0.324 e. The second kappa shape index (κ2) is 8.40. The summed E-state index contributed by atoms with van der Waals surface area (Å²) in [5.41, 5.74) is 0.0108. The molecule has 3 aromatic heterocycles. The highest BCUT2D eigenvalue weighted by Crippen LogP contribution is 2.38. The van der Waals surface area contributed by atoms with Crippen LogP contribution < -0.4 is 0 Å². The fourth-order valence-electron chi connectivity index (χ4n) is 4.29. The lowest BCUT2D eigenvalue weighted by Gasteiger charge is -2.52. The zero-order valence-corrected chi connectivity index (χ0v) is 17.9. The fraction of sp³-hybridized carbons (Fsp3) is 0.500. The number of rotatable bonds is 8. The molecule has 3 aromatic rings. The molecule has 1 aliphatic carbocycles. The van der Waals surface area contributed by atoms with Crippen LogP contribution in [0.1, 0.15) is 49.6 Å². The van der Waals surface area contributed by atoms with Gasteiger partial charge >= 0.3 is 16.5 Å². The van der Waals surface area contributed by atoms with Crippen LogP contribution in [-0.2, 0) is 19.6 Å². The van der Waals surface area contributed by atoms with E-state index in [9.17, 15) is 0 Å². The number of aromatic amines is 3. The van der Waals surface area contributed by atoms with Crippen molar-refractivity contribution in [2.75, 3.05) is 0 Å². The van der Waals surface area contributed by atoms with Crippen molar-refractivity contribution in [3.8, 4) is 0 Å². The van der Waals surface area contributed by atoms with E-state index in [-0.39, 0.29) is 5.66 Å². The predicted molar refractivity (Wildman–Crippen MR) is 105 cm³/mol. The summed E-state index contributed by atoms with van der Waals surface area (Å²) in [6, 6.07) is 0. The number of hydrogen-bond acceptors (Lipinski definition) is 5. The van der Waals surface area contributed by atoms with E-state index < -0.39 is 0 Å². The number of nitrogens with zero attached hydrogens (tertiary/aromatic N) is 5. The second-order valence-electron chi connectivity index (χ2n) is 7.36. The van der Waals surface area contributed by atoms with Gasteiger partial charge in [0.05, 0.1) is 18.8 Å². The van der Waals surface area contributed by atoms with Gasteiger partial charge < -0.3 is 18.8 Å². The number of nitrogens with one attached hydrogen (secondary N) is 3. The third-order valence-electron chi connectivity index (χ3n) is 5.69. The lowest BCUT2D eigenvalue weighted by Crippen LogP contribution is -2.60. The molecule has 3 N–H and O–H groups in total. The summed E-state index contributed by atoms with van der Waals surface area (Å²) in [6.45, 7) is 2.42. The van der Waals surface area contributed by atoms with Crippen LogP contribution >= 0.6 is 0 Å². The summed E-state index contributed by atoms with van der Waals surface area (Å²) in [6.07, 6.45) is 17.3. The molecule has 142 valence electrons. The molecule has 27 heavy (non-hydrogen) atoms. The lowest BCUT2D eigenvalue weighted by atomic mass is 9.87. The van der Waals surface area contributed by atoms with E-state index >= 15 is 0 Å². The highest BCUT2D eigenvalue weighted by atomic mass is 27.1. The molecule has 8 nitrogen and oxygen atoms in total. The van der Waals surface area contributed by atoms with E-state index in [1.54, 1.807) is 0 Å². The van der Waals surface area contributed by atoms with E-state index in [1.165, 1.54) is 32.1 Å². The van der Waals surface area contributed by atoms with Crippen molar-refractivity contribution >= 4 is 16.5 Å². The van der Waals surface area contributed by atoms with Gasteiger partial charge in [-0.05, 0) is 12.8 Å². The Morgan fingerprint density at radius 2 is 1.26 bits per heavy atom. The Morgan fingerprint density at radius 3 is 1.70 bits per heavy atom. The van der Waals surface area contributed by atoms with Crippen LogP contribution in [0.5, 0.6) is 0 Å². The van der Waals surface area contributed by atoms with Crippen molar-refractivity contribution in [3.63, 3.8) is 0 Å². The van der Waals surface area contributed by atoms with Crippen molar-refractivity contribution in [1.82, 2.24) is 38.7 Å². The Bertz CT molecular complexity index is 741. The van der Waals surface area contributed by atoms with Crippen molar-refractivity contribution in [2.45, 2.75) is 57.4 Å². The normalized spacial score (nSPS) is 17.0. The summed E-state index contributed by atoms with van der Waals surface area (Å²) < 4.78 is 2.59. The van der Waals surface area contributed by atoms with Gasteiger partial charge in [0.2, 0.25) is 0 Å². The first-order chi connectivity index (χ1) is 13.3. The Hall–Kier alpha value is -1.92. The molecule has 0 radical (unpaired) electrons. The minimum atomic E-state index is 0.0108. The lowest BCUT2D eigenvalue weighted by molar-refractivity contribution is -0.0586. The summed E-state index contributed by atoms with van der Waals surface area (Å²) in [7, 11) is 0. The molecule has 4 rings (SSSR count). The van der Waals surface area contributed by atoms with Gasteiger partial charge in [0.15, 0.2) is 0 Å². The molecule has 1 fully saturated rings. The molecule has 0 amide bonds. The van der Waals surface area contributed by atoms with Crippen LogP contribution in [0, 0.1) is 0 Å². The van der Waals surface area contributed by atoms with Crippen molar-refractivity contribution < 1.29 is 0 Å². The molecule has 0 aliphatic heterocycles. The maximum atomic E-state index is 4.49. The van der Waals surface area contributed by atoms with Gasteiger partial charge in [0.1, 0.15) is 17.5 Å². The largest absolute Gasteiger partial charge is 0.368 e. The molecule has 0 aromatic carbocycles. The standard InChI is InChI=1S/C18H25N8.Al.2H/c1-2-4-18(5-3-1,25-12-15-19-6-7-20-15)26(13-16-21-8-9-22-16)14-17-23-10-11-24-17;;;/h6-11H,1-5,12-14H2,(H,19,20)(H,21,22)(H,23,24);;;/q-1;+1;;. The molecular formula is C18H27AlN8. The maximum Gasteiger partial charge on any atom is 0.324 e. The minimum absolute atomic E-state index is 0.0108. The van der Waals surface area contributed by atoms with Gasteiger partial charge in [-0.3, -0.25) is 4.90 Å². The molecule has 0 atom stereocenters. The van der Waals surface area contributed by atoms with E-state index in [0.29, 0.717) is 0 Å². The SMILES string of the molecule is [AlH2][N](Cc1ncc[nH]1)C1(N(Cc2ncc[nH]2)Cc2ncc[nH]2)CCCCC1. The van der Waals surface area contributed by atoms with E-state index in [0.717, 1.165) is 53.6 Å². The highest BCUT2D eigenvalue weighted by molar-refractivity contribution is 6.04. The molecule has 0 unspecified atom stereocenters.